The lowest BCUT2D eigenvalue weighted by atomic mass is 10.0. The molecule has 1 amide bonds. The van der Waals surface area contributed by atoms with Crippen LogP contribution in [-0.2, 0) is 0 Å². The topological polar surface area (TPSA) is 43.8 Å². The molecule has 20 heavy (non-hydrogen) atoms. The molecule has 4 nitrogen and oxygen atoms in total. The van der Waals surface area contributed by atoms with Gasteiger partial charge in [0, 0.05) is 25.0 Å². The number of piperidine rings is 1. The molecule has 2 rings (SSSR count). The maximum Gasteiger partial charge on any atom is 0.254 e. The molecule has 1 aromatic rings. The fraction of sp³-hybridized carbons (Fsp3) is 0.533. The molecule has 0 aliphatic carbocycles. The lowest BCUT2D eigenvalue weighted by Gasteiger charge is -2.35. The molecular formula is C15H20N2O2S. The standard InChI is InChI=1S/C15H20N2O2S/c1-16-7-3-5-13(10-16)17(2)15(19)12-9-14(20-11-12)6-4-8-18/h9,11,13,18H,3,5,7-8,10H2,1-2H3. The van der Waals surface area contributed by atoms with Gasteiger partial charge in [-0.2, -0.15) is 0 Å². The van der Waals surface area contributed by atoms with E-state index >= 15 is 0 Å². The van der Waals surface area contributed by atoms with Crippen LogP contribution in [-0.4, -0.2) is 60.6 Å². The van der Waals surface area contributed by atoms with Crippen molar-refractivity contribution in [3.05, 3.63) is 21.9 Å². The highest BCUT2D eigenvalue weighted by Gasteiger charge is 2.25. The minimum Gasteiger partial charge on any atom is -0.384 e. The molecule has 1 fully saturated rings. The van der Waals surface area contributed by atoms with E-state index in [0.29, 0.717) is 5.56 Å². The highest BCUT2D eigenvalue weighted by Crippen LogP contribution is 2.19. The van der Waals surface area contributed by atoms with Gasteiger partial charge in [-0.25, -0.2) is 0 Å². The monoisotopic (exact) mass is 292 g/mol. The number of amides is 1. The summed E-state index contributed by atoms with van der Waals surface area (Å²) < 4.78 is 0. The molecule has 1 aliphatic rings. The average Bonchev–Trinajstić information content (AvgIpc) is 2.92. The smallest absolute Gasteiger partial charge is 0.254 e. The van der Waals surface area contributed by atoms with Crippen LogP contribution in [0.5, 0.6) is 0 Å². The van der Waals surface area contributed by atoms with E-state index in [4.69, 9.17) is 5.11 Å². The van der Waals surface area contributed by atoms with Gasteiger partial charge in [-0.15, -0.1) is 11.3 Å². The van der Waals surface area contributed by atoms with Gasteiger partial charge in [0.1, 0.15) is 6.61 Å². The number of rotatable bonds is 2. The zero-order chi connectivity index (χ0) is 14.5. The number of carbonyl (C=O) groups is 1. The van der Waals surface area contributed by atoms with E-state index in [2.05, 4.69) is 23.8 Å². The molecule has 1 atom stereocenters. The molecule has 1 saturated heterocycles. The fourth-order valence-corrected chi connectivity index (χ4v) is 3.21. The van der Waals surface area contributed by atoms with Crippen molar-refractivity contribution in [2.45, 2.75) is 18.9 Å². The summed E-state index contributed by atoms with van der Waals surface area (Å²) in [7, 11) is 3.97. The molecule has 1 N–H and O–H groups in total. The van der Waals surface area contributed by atoms with E-state index in [1.165, 1.54) is 11.3 Å². The number of nitrogens with zero attached hydrogens (tertiary/aromatic N) is 2. The first-order chi connectivity index (χ1) is 9.61. The third kappa shape index (κ3) is 3.60. The van der Waals surface area contributed by atoms with Crippen molar-refractivity contribution >= 4 is 17.2 Å². The Balaban J connectivity index is 2.04. The van der Waals surface area contributed by atoms with Crippen LogP contribution in [0.25, 0.3) is 0 Å². The van der Waals surface area contributed by atoms with Crippen LogP contribution in [0.15, 0.2) is 11.4 Å². The summed E-state index contributed by atoms with van der Waals surface area (Å²) >= 11 is 1.44. The highest BCUT2D eigenvalue weighted by atomic mass is 32.1. The predicted molar refractivity (Wildman–Crippen MR) is 80.9 cm³/mol. The Morgan fingerprint density at radius 1 is 1.65 bits per heavy atom. The molecule has 0 saturated carbocycles. The zero-order valence-corrected chi connectivity index (χ0v) is 12.7. The summed E-state index contributed by atoms with van der Waals surface area (Å²) in [5, 5.41) is 10.5. The van der Waals surface area contributed by atoms with Crippen molar-refractivity contribution in [2.75, 3.05) is 33.8 Å². The van der Waals surface area contributed by atoms with Gasteiger partial charge in [0.2, 0.25) is 0 Å². The van der Waals surface area contributed by atoms with Crippen LogP contribution >= 0.6 is 11.3 Å². The number of hydrogen-bond acceptors (Lipinski definition) is 4. The third-order valence-corrected chi connectivity index (χ3v) is 4.45. The third-order valence-electron chi connectivity index (χ3n) is 3.60. The van der Waals surface area contributed by atoms with Gasteiger partial charge in [-0.3, -0.25) is 4.79 Å². The first-order valence-corrected chi connectivity index (χ1v) is 7.63. The molecule has 0 spiro atoms. The van der Waals surface area contributed by atoms with Crippen molar-refractivity contribution < 1.29 is 9.90 Å². The van der Waals surface area contributed by atoms with Crippen molar-refractivity contribution in [2.24, 2.45) is 0 Å². The van der Waals surface area contributed by atoms with Crippen LogP contribution in [0.2, 0.25) is 0 Å². The quantitative estimate of drug-likeness (QED) is 0.835. The minimum atomic E-state index is -0.157. The Kier molecular flexibility index (Phi) is 5.18. The van der Waals surface area contributed by atoms with Crippen molar-refractivity contribution in [1.29, 1.82) is 0 Å². The lowest BCUT2D eigenvalue weighted by molar-refractivity contribution is 0.0644. The molecule has 2 heterocycles. The molecule has 0 bridgehead atoms. The van der Waals surface area contributed by atoms with Crippen molar-refractivity contribution in [3.63, 3.8) is 0 Å². The number of likely N-dealkylation sites (N-methyl/N-ethyl adjacent to an activating group) is 2. The molecule has 1 unspecified atom stereocenters. The van der Waals surface area contributed by atoms with Gasteiger partial charge >= 0.3 is 0 Å². The molecule has 0 radical (unpaired) electrons. The van der Waals surface area contributed by atoms with E-state index in [1.807, 2.05) is 17.3 Å². The Labute approximate surface area is 124 Å². The van der Waals surface area contributed by atoms with Crippen molar-refractivity contribution in [1.82, 2.24) is 9.80 Å². The Hall–Kier alpha value is -1.35. The van der Waals surface area contributed by atoms with Gasteiger partial charge in [0.05, 0.1) is 10.4 Å². The molecule has 1 aromatic heterocycles. The second-order valence-corrected chi connectivity index (χ2v) is 6.05. The van der Waals surface area contributed by atoms with Crippen molar-refractivity contribution in [3.8, 4) is 11.8 Å². The number of aliphatic hydroxyl groups excluding tert-OH is 1. The highest BCUT2D eigenvalue weighted by molar-refractivity contribution is 7.10. The van der Waals surface area contributed by atoms with Crippen LogP contribution in [0.3, 0.4) is 0 Å². The van der Waals surface area contributed by atoms with Crippen LogP contribution in [0.1, 0.15) is 28.1 Å². The normalized spacial score (nSPS) is 19.2. The summed E-state index contributed by atoms with van der Waals surface area (Å²) in [6, 6.07) is 2.09. The second kappa shape index (κ2) is 6.89. The van der Waals surface area contributed by atoms with E-state index in [9.17, 15) is 4.79 Å². The average molecular weight is 292 g/mol. The Bertz CT molecular complexity index is 529. The first-order valence-electron chi connectivity index (χ1n) is 6.75. The first kappa shape index (κ1) is 15.0. The van der Waals surface area contributed by atoms with Gasteiger partial charge in [0.25, 0.3) is 5.91 Å². The summed E-state index contributed by atoms with van der Waals surface area (Å²) in [5.74, 6) is 5.49. The fourth-order valence-electron chi connectivity index (χ4n) is 2.47. The maximum absolute atomic E-state index is 12.5. The van der Waals surface area contributed by atoms with E-state index in [-0.39, 0.29) is 18.6 Å². The molecule has 0 aromatic carbocycles. The number of hydrogen-bond donors (Lipinski definition) is 1. The summed E-state index contributed by atoms with van der Waals surface area (Å²) in [5.41, 5.74) is 0.688. The van der Waals surface area contributed by atoms with Gasteiger partial charge < -0.3 is 14.9 Å². The van der Waals surface area contributed by atoms with Crippen LogP contribution < -0.4 is 0 Å². The largest absolute Gasteiger partial charge is 0.384 e. The second-order valence-electron chi connectivity index (χ2n) is 5.13. The van der Waals surface area contributed by atoms with Crippen LogP contribution in [0.4, 0.5) is 0 Å². The molecule has 1 aliphatic heterocycles. The van der Waals surface area contributed by atoms with E-state index in [0.717, 1.165) is 30.8 Å². The number of carbonyl (C=O) groups excluding carboxylic acids is 1. The van der Waals surface area contributed by atoms with E-state index in [1.54, 1.807) is 6.07 Å². The molecular weight excluding hydrogens is 272 g/mol. The number of likely N-dealkylation sites (tertiary alicyclic amines) is 1. The number of aliphatic hydroxyl groups is 1. The number of thiophene rings is 1. The summed E-state index contributed by atoms with van der Waals surface area (Å²) in [4.78, 5) is 17.4. The van der Waals surface area contributed by atoms with Crippen LogP contribution in [0, 0.1) is 11.8 Å². The Morgan fingerprint density at radius 2 is 2.45 bits per heavy atom. The SMILES string of the molecule is CN1CCCC(N(C)C(=O)c2csc(C#CCO)c2)C1. The zero-order valence-electron chi connectivity index (χ0n) is 11.9. The molecule has 108 valence electrons. The van der Waals surface area contributed by atoms with Gasteiger partial charge in [-0.1, -0.05) is 11.8 Å². The lowest BCUT2D eigenvalue weighted by Crippen LogP contribution is -2.47. The Morgan fingerprint density at radius 3 is 3.15 bits per heavy atom. The summed E-state index contributed by atoms with van der Waals surface area (Å²) in [6.45, 7) is 1.89. The molecule has 5 heteroatoms. The van der Waals surface area contributed by atoms with E-state index < -0.39 is 0 Å². The predicted octanol–water partition coefficient (Wildman–Crippen LogP) is 1.26. The minimum absolute atomic E-state index is 0.0543. The maximum atomic E-state index is 12.5. The van der Waals surface area contributed by atoms with Gasteiger partial charge in [-0.05, 0) is 32.5 Å². The van der Waals surface area contributed by atoms with Gasteiger partial charge in [0.15, 0.2) is 0 Å². The summed E-state index contributed by atoms with van der Waals surface area (Å²) in [6.07, 6.45) is 2.20.